The van der Waals surface area contributed by atoms with Crippen molar-refractivity contribution in [3.8, 4) is 0 Å². The summed E-state index contributed by atoms with van der Waals surface area (Å²) < 4.78 is 27.8. The van der Waals surface area contributed by atoms with E-state index >= 15 is 0 Å². The summed E-state index contributed by atoms with van der Waals surface area (Å²) in [5.41, 5.74) is -2.74. The van der Waals surface area contributed by atoms with Crippen LogP contribution in [0.5, 0.6) is 0 Å². The average Bonchev–Trinajstić information content (AvgIpc) is 2.13. The Morgan fingerprint density at radius 2 is 1.21 bits per heavy atom. The summed E-state index contributed by atoms with van der Waals surface area (Å²) in [6, 6.07) is 0. The van der Waals surface area contributed by atoms with Crippen LogP contribution in [-0.2, 0) is 61.3 Å². The molecule has 0 radical (unpaired) electrons. The minimum absolute atomic E-state index is 1.14. The van der Waals surface area contributed by atoms with Crippen LogP contribution in [-0.4, -0.2) is 43.9 Å². The Bertz CT molecular complexity index is 391. The molecule has 1 fully saturated rings. The van der Waals surface area contributed by atoms with Gasteiger partial charge < -0.3 is 20.4 Å². The second kappa shape index (κ2) is 7.76. The molecule has 110 valence electrons. The van der Waals surface area contributed by atoms with Gasteiger partial charge in [0.2, 0.25) is 0 Å². The van der Waals surface area contributed by atoms with E-state index in [4.69, 9.17) is 20.4 Å². The topological polar surface area (TPSA) is 185 Å². The number of carboxylic acids is 3. The summed E-state index contributed by atoms with van der Waals surface area (Å²) in [6.07, 6.45) is -2.29. The van der Waals surface area contributed by atoms with Crippen LogP contribution in [0, 0.1) is 0 Å². The molecule has 11 nitrogen and oxygen atoms in total. The van der Waals surface area contributed by atoms with E-state index in [1.165, 1.54) is 0 Å². The zero-order valence-electron chi connectivity index (χ0n) is 8.88. The van der Waals surface area contributed by atoms with Crippen molar-refractivity contribution >= 4 is 17.9 Å². The van der Waals surface area contributed by atoms with Gasteiger partial charge in [0.15, 0.2) is 5.60 Å². The molecule has 1 aliphatic rings. The third-order valence-electron chi connectivity index (χ3n) is 1.51. The monoisotopic (exact) mass is 452 g/mol. The summed E-state index contributed by atoms with van der Waals surface area (Å²) in [7, 11) is 0. The Balaban J connectivity index is 0.000000443. The predicted octanol–water partition coefficient (Wildman–Crippen LogP) is -1.63. The van der Waals surface area contributed by atoms with Gasteiger partial charge in [0.1, 0.15) is 0 Å². The van der Waals surface area contributed by atoms with Crippen molar-refractivity contribution in [2.45, 2.75) is 18.4 Å². The molecule has 1 aliphatic heterocycles. The van der Waals surface area contributed by atoms with Crippen molar-refractivity contribution in [2.75, 3.05) is 0 Å². The SMILES string of the molecule is O=C(O)CC(O)(CC(=O)O)C(=O)O.[O]=[Mo]1[O][Mo](=[O])[O]1. The molecule has 0 aromatic heterocycles. The van der Waals surface area contributed by atoms with Gasteiger partial charge in [-0.1, -0.05) is 0 Å². The first-order valence-corrected chi connectivity index (χ1v) is 9.09. The zero-order chi connectivity index (χ0) is 15.2. The number of aliphatic hydroxyl groups is 1. The Hall–Kier alpha value is -0.733. The molecular formula is C6H8Mo2O11. The Morgan fingerprint density at radius 1 is 0.895 bits per heavy atom. The molecule has 4 N–H and O–H groups in total. The minimum atomic E-state index is -2.75. The number of carboxylic acid groups (broad SMARTS) is 3. The van der Waals surface area contributed by atoms with Gasteiger partial charge in [-0.15, -0.1) is 0 Å². The van der Waals surface area contributed by atoms with E-state index in [1.807, 2.05) is 0 Å². The van der Waals surface area contributed by atoms with Gasteiger partial charge in [-0.25, -0.2) is 4.79 Å². The van der Waals surface area contributed by atoms with Crippen molar-refractivity contribution in [1.29, 1.82) is 0 Å². The van der Waals surface area contributed by atoms with Gasteiger partial charge in [0.25, 0.3) is 0 Å². The second-order valence-electron chi connectivity index (χ2n) is 3.02. The van der Waals surface area contributed by atoms with Crippen molar-refractivity contribution < 1.29 is 81.8 Å². The molecule has 0 aromatic rings. The fourth-order valence-corrected chi connectivity index (χ4v) is 4.07. The van der Waals surface area contributed by atoms with Crippen LogP contribution in [0.3, 0.4) is 0 Å². The molecule has 0 amide bonds. The fourth-order valence-electron chi connectivity index (χ4n) is 0.810. The molecule has 0 saturated carbocycles. The van der Waals surface area contributed by atoms with E-state index in [-0.39, 0.29) is 0 Å². The molecule has 0 unspecified atom stereocenters. The Labute approximate surface area is 118 Å². The van der Waals surface area contributed by atoms with Gasteiger partial charge in [-0.2, -0.15) is 0 Å². The quantitative estimate of drug-likeness (QED) is 0.354. The van der Waals surface area contributed by atoms with Crippen LogP contribution in [0.1, 0.15) is 12.8 Å². The van der Waals surface area contributed by atoms with Crippen LogP contribution in [0.15, 0.2) is 0 Å². The molecule has 0 spiro atoms. The number of aliphatic carboxylic acids is 3. The van der Waals surface area contributed by atoms with E-state index in [0.717, 1.165) is 0 Å². The summed E-state index contributed by atoms with van der Waals surface area (Å²) in [5.74, 6) is -5.02. The van der Waals surface area contributed by atoms with Crippen LogP contribution in [0.2, 0.25) is 0 Å². The second-order valence-corrected chi connectivity index (χ2v) is 9.66. The number of hydrogen-bond acceptors (Lipinski definition) is 8. The van der Waals surface area contributed by atoms with Crippen LogP contribution in [0.25, 0.3) is 0 Å². The molecule has 19 heavy (non-hydrogen) atoms. The Kier molecular flexibility index (Phi) is 7.46. The molecule has 13 heteroatoms. The third-order valence-corrected chi connectivity index (χ3v) is 9.06. The van der Waals surface area contributed by atoms with E-state index < -0.39 is 72.4 Å². The average molecular weight is 448 g/mol. The predicted molar refractivity (Wildman–Crippen MR) is 40.6 cm³/mol. The third kappa shape index (κ3) is 7.43. The number of hydrogen-bond donors (Lipinski definition) is 4. The van der Waals surface area contributed by atoms with E-state index in [9.17, 15) is 21.2 Å². The molecule has 0 atom stereocenters. The van der Waals surface area contributed by atoms with Gasteiger partial charge in [-0.05, 0) is 0 Å². The van der Waals surface area contributed by atoms with Crippen molar-refractivity contribution in [3.63, 3.8) is 0 Å². The molecule has 0 aromatic carbocycles. The van der Waals surface area contributed by atoms with Crippen molar-refractivity contribution in [2.24, 2.45) is 0 Å². The zero-order valence-corrected chi connectivity index (χ0v) is 12.9. The maximum absolute atomic E-state index is 10.3. The van der Waals surface area contributed by atoms with Crippen LogP contribution < -0.4 is 0 Å². The number of rotatable bonds is 5. The Morgan fingerprint density at radius 3 is 1.32 bits per heavy atom. The van der Waals surface area contributed by atoms with E-state index in [1.54, 1.807) is 0 Å². The van der Waals surface area contributed by atoms with Crippen molar-refractivity contribution in [1.82, 2.24) is 0 Å². The molecule has 1 heterocycles. The molecule has 0 bridgehead atoms. The molecule has 0 aliphatic carbocycles. The summed E-state index contributed by atoms with van der Waals surface area (Å²) in [5, 5.41) is 33.8. The van der Waals surface area contributed by atoms with Gasteiger partial charge >= 0.3 is 64.9 Å². The van der Waals surface area contributed by atoms with E-state index in [2.05, 4.69) is 4.09 Å². The first-order chi connectivity index (χ1) is 8.56. The first-order valence-electron chi connectivity index (χ1n) is 4.17. The normalized spacial score (nSPS) is 15.8. The summed E-state index contributed by atoms with van der Waals surface area (Å²) in [4.78, 5) is 30.5. The number of carbonyl (C=O) groups is 3. The van der Waals surface area contributed by atoms with Crippen LogP contribution >= 0.6 is 0 Å². The molecule has 1 saturated heterocycles. The fraction of sp³-hybridized carbons (Fsp3) is 0.500. The first kappa shape index (κ1) is 18.3. The van der Waals surface area contributed by atoms with Gasteiger partial charge in [0, 0.05) is 0 Å². The maximum atomic E-state index is 10.3. The summed E-state index contributed by atoms with van der Waals surface area (Å²) in [6.45, 7) is 0. The molecular weight excluding hydrogens is 440 g/mol. The summed E-state index contributed by atoms with van der Waals surface area (Å²) >= 11 is -5.51. The molecule has 1 rings (SSSR count). The van der Waals surface area contributed by atoms with Crippen LogP contribution in [0.4, 0.5) is 0 Å². The van der Waals surface area contributed by atoms with Gasteiger partial charge in [-0.3, -0.25) is 9.59 Å². The van der Waals surface area contributed by atoms with Crippen molar-refractivity contribution in [3.05, 3.63) is 0 Å². The van der Waals surface area contributed by atoms with E-state index in [0.29, 0.717) is 0 Å². The standard InChI is InChI=1S/C6H8O7.2Mo.4O/c7-3(8)1-6(13,5(11)12)2-4(9)10;;;;;;/h13H,1-2H2,(H,7,8)(H,9,10)(H,11,12);;;;;;. The van der Waals surface area contributed by atoms with Gasteiger partial charge in [0.05, 0.1) is 12.8 Å².